The van der Waals surface area contributed by atoms with Gasteiger partial charge in [0.25, 0.3) is 0 Å². The third kappa shape index (κ3) is 4.54. The average molecular weight is 355 g/mol. The van der Waals surface area contributed by atoms with Crippen molar-refractivity contribution >= 4 is 23.0 Å². The second-order valence-electron chi connectivity index (χ2n) is 6.91. The Morgan fingerprint density at radius 1 is 1.04 bits per heavy atom. The van der Waals surface area contributed by atoms with Gasteiger partial charge in [0.05, 0.1) is 0 Å². The molecular formula is C21H26FN3O. The number of hydrogen-bond acceptors (Lipinski definition) is 3. The number of rotatable bonds is 5. The first-order chi connectivity index (χ1) is 12.5. The SMILES string of the molecule is Cc1ccc(NC(=O)[C@H](C)Nc2ccc(N3CCCCC3)cc2)cc1F. The maximum Gasteiger partial charge on any atom is 0.246 e. The largest absolute Gasteiger partial charge is 0.374 e. The molecular weight excluding hydrogens is 329 g/mol. The van der Waals surface area contributed by atoms with Crippen LogP contribution in [0.2, 0.25) is 0 Å². The van der Waals surface area contributed by atoms with Crippen LogP contribution in [0.3, 0.4) is 0 Å². The molecule has 0 aliphatic carbocycles. The van der Waals surface area contributed by atoms with Gasteiger partial charge in [-0.3, -0.25) is 4.79 Å². The molecule has 26 heavy (non-hydrogen) atoms. The highest BCUT2D eigenvalue weighted by atomic mass is 19.1. The normalized spacial score (nSPS) is 15.4. The van der Waals surface area contributed by atoms with Gasteiger partial charge in [0.15, 0.2) is 0 Å². The topological polar surface area (TPSA) is 44.4 Å². The molecule has 0 radical (unpaired) electrons. The Labute approximate surface area is 154 Å². The van der Waals surface area contributed by atoms with Crippen molar-refractivity contribution in [2.45, 2.75) is 39.2 Å². The number of benzene rings is 2. The van der Waals surface area contributed by atoms with Crippen LogP contribution >= 0.6 is 0 Å². The lowest BCUT2D eigenvalue weighted by Crippen LogP contribution is -2.32. The number of nitrogens with zero attached hydrogens (tertiary/aromatic N) is 1. The van der Waals surface area contributed by atoms with Gasteiger partial charge in [-0.25, -0.2) is 4.39 Å². The number of anilines is 3. The second kappa shape index (κ2) is 8.21. The Morgan fingerprint density at radius 3 is 2.35 bits per heavy atom. The smallest absolute Gasteiger partial charge is 0.246 e. The Hall–Kier alpha value is -2.56. The summed E-state index contributed by atoms with van der Waals surface area (Å²) in [6, 6.07) is 12.5. The molecule has 0 unspecified atom stereocenters. The summed E-state index contributed by atoms with van der Waals surface area (Å²) < 4.78 is 13.6. The molecule has 3 rings (SSSR count). The number of carbonyl (C=O) groups excluding carboxylic acids is 1. The molecule has 2 N–H and O–H groups in total. The van der Waals surface area contributed by atoms with Crippen LogP contribution in [-0.2, 0) is 4.79 Å². The molecule has 0 aromatic heterocycles. The van der Waals surface area contributed by atoms with E-state index in [-0.39, 0.29) is 11.7 Å². The van der Waals surface area contributed by atoms with Crippen LogP contribution in [0.25, 0.3) is 0 Å². The summed E-state index contributed by atoms with van der Waals surface area (Å²) in [5.74, 6) is -0.523. The minimum absolute atomic E-state index is 0.201. The van der Waals surface area contributed by atoms with Crippen LogP contribution in [0.1, 0.15) is 31.7 Å². The van der Waals surface area contributed by atoms with Crippen LogP contribution in [0.15, 0.2) is 42.5 Å². The molecule has 0 saturated carbocycles. The predicted molar refractivity (Wildman–Crippen MR) is 105 cm³/mol. The minimum Gasteiger partial charge on any atom is -0.374 e. The summed E-state index contributed by atoms with van der Waals surface area (Å²) in [5, 5.41) is 5.94. The summed E-state index contributed by atoms with van der Waals surface area (Å²) in [7, 11) is 0. The van der Waals surface area contributed by atoms with E-state index < -0.39 is 6.04 Å². The Kier molecular flexibility index (Phi) is 5.76. The molecule has 1 atom stereocenters. The first-order valence-electron chi connectivity index (χ1n) is 9.21. The lowest BCUT2D eigenvalue weighted by atomic mass is 10.1. The van der Waals surface area contributed by atoms with Gasteiger partial charge in [-0.1, -0.05) is 6.07 Å². The van der Waals surface area contributed by atoms with Gasteiger partial charge in [0, 0.05) is 30.2 Å². The Balaban J connectivity index is 1.57. The van der Waals surface area contributed by atoms with Crippen molar-refractivity contribution in [3.05, 3.63) is 53.8 Å². The van der Waals surface area contributed by atoms with E-state index in [2.05, 4.69) is 27.7 Å². The van der Waals surface area contributed by atoms with E-state index >= 15 is 0 Å². The van der Waals surface area contributed by atoms with E-state index in [0.717, 1.165) is 18.8 Å². The zero-order valence-electron chi connectivity index (χ0n) is 15.4. The zero-order chi connectivity index (χ0) is 18.5. The van der Waals surface area contributed by atoms with Gasteiger partial charge in [-0.15, -0.1) is 0 Å². The summed E-state index contributed by atoms with van der Waals surface area (Å²) >= 11 is 0. The van der Waals surface area contributed by atoms with Gasteiger partial charge in [0.1, 0.15) is 11.9 Å². The van der Waals surface area contributed by atoms with E-state index in [4.69, 9.17) is 0 Å². The third-order valence-corrected chi connectivity index (χ3v) is 4.80. The number of hydrogen-bond donors (Lipinski definition) is 2. The molecule has 2 aromatic carbocycles. The highest BCUT2D eigenvalue weighted by Gasteiger charge is 2.14. The first kappa shape index (κ1) is 18.2. The van der Waals surface area contributed by atoms with Crippen molar-refractivity contribution in [3.8, 4) is 0 Å². The highest BCUT2D eigenvalue weighted by molar-refractivity contribution is 5.96. The standard InChI is InChI=1S/C21H26FN3O/c1-15-6-7-18(14-20(15)22)24-21(26)16(2)23-17-8-10-19(11-9-17)25-12-4-3-5-13-25/h6-11,14,16,23H,3-5,12-13H2,1-2H3,(H,24,26)/t16-/m0/s1. The molecule has 1 amide bonds. The highest BCUT2D eigenvalue weighted by Crippen LogP contribution is 2.22. The average Bonchev–Trinajstić information content (AvgIpc) is 2.66. The lowest BCUT2D eigenvalue weighted by Gasteiger charge is -2.29. The molecule has 1 heterocycles. The van der Waals surface area contributed by atoms with E-state index in [9.17, 15) is 9.18 Å². The summed E-state index contributed by atoms with van der Waals surface area (Å²) in [5.41, 5.74) is 3.14. The molecule has 5 heteroatoms. The van der Waals surface area contributed by atoms with Gasteiger partial charge in [0.2, 0.25) is 5.91 Å². The van der Waals surface area contributed by atoms with Gasteiger partial charge in [-0.2, -0.15) is 0 Å². The molecule has 138 valence electrons. The summed E-state index contributed by atoms with van der Waals surface area (Å²) in [4.78, 5) is 14.7. The molecule has 1 saturated heterocycles. The zero-order valence-corrected chi connectivity index (χ0v) is 15.4. The van der Waals surface area contributed by atoms with Crippen LogP contribution in [0, 0.1) is 12.7 Å². The van der Waals surface area contributed by atoms with E-state index in [1.165, 1.54) is 31.0 Å². The molecule has 0 spiro atoms. The number of halogens is 1. The number of nitrogens with one attached hydrogen (secondary N) is 2. The fourth-order valence-electron chi connectivity index (χ4n) is 3.16. The van der Waals surface area contributed by atoms with Crippen LogP contribution in [0.5, 0.6) is 0 Å². The van der Waals surface area contributed by atoms with Gasteiger partial charge >= 0.3 is 0 Å². The minimum atomic E-state index is -0.430. The van der Waals surface area contributed by atoms with E-state index in [1.54, 1.807) is 26.0 Å². The molecule has 2 aromatic rings. The van der Waals surface area contributed by atoms with Crippen molar-refractivity contribution in [2.75, 3.05) is 28.6 Å². The molecule has 1 aliphatic heterocycles. The van der Waals surface area contributed by atoms with E-state index in [1.807, 2.05) is 12.1 Å². The van der Waals surface area contributed by atoms with E-state index in [0.29, 0.717) is 11.3 Å². The van der Waals surface area contributed by atoms with Crippen LogP contribution in [-0.4, -0.2) is 25.0 Å². The van der Waals surface area contributed by atoms with Gasteiger partial charge in [-0.05, 0) is 75.1 Å². The Morgan fingerprint density at radius 2 is 1.69 bits per heavy atom. The first-order valence-corrected chi connectivity index (χ1v) is 9.21. The molecule has 0 bridgehead atoms. The quantitative estimate of drug-likeness (QED) is 0.826. The number of aryl methyl sites for hydroxylation is 1. The fourth-order valence-corrected chi connectivity index (χ4v) is 3.16. The monoisotopic (exact) mass is 355 g/mol. The maximum absolute atomic E-state index is 13.6. The third-order valence-electron chi connectivity index (χ3n) is 4.80. The van der Waals surface area contributed by atoms with Crippen LogP contribution in [0.4, 0.5) is 21.5 Å². The van der Waals surface area contributed by atoms with Crippen molar-refractivity contribution in [2.24, 2.45) is 0 Å². The van der Waals surface area contributed by atoms with Crippen molar-refractivity contribution < 1.29 is 9.18 Å². The van der Waals surface area contributed by atoms with Crippen molar-refractivity contribution in [1.82, 2.24) is 0 Å². The molecule has 1 fully saturated rings. The fraction of sp³-hybridized carbons (Fsp3) is 0.381. The molecule has 1 aliphatic rings. The summed E-state index contributed by atoms with van der Waals surface area (Å²) in [6.07, 6.45) is 3.81. The number of piperidine rings is 1. The predicted octanol–water partition coefficient (Wildman–Crippen LogP) is 4.56. The van der Waals surface area contributed by atoms with Crippen LogP contribution < -0.4 is 15.5 Å². The van der Waals surface area contributed by atoms with Gasteiger partial charge < -0.3 is 15.5 Å². The van der Waals surface area contributed by atoms with Crippen molar-refractivity contribution in [3.63, 3.8) is 0 Å². The number of amides is 1. The molecule has 4 nitrogen and oxygen atoms in total. The Bertz CT molecular complexity index is 754. The summed E-state index contributed by atoms with van der Waals surface area (Å²) in [6.45, 7) is 5.70. The maximum atomic E-state index is 13.6. The number of carbonyl (C=O) groups is 1. The lowest BCUT2D eigenvalue weighted by molar-refractivity contribution is -0.116. The second-order valence-corrected chi connectivity index (χ2v) is 6.91. The van der Waals surface area contributed by atoms with Crippen molar-refractivity contribution in [1.29, 1.82) is 0 Å².